The van der Waals surface area contributed by atoms with Gasteiger partial charge in [-0.1, -0.05) is 0 Å². The predicted molar refractivity (Wildman–Crippen MR) is 84.7 cm³/mol. The van der Waals surface area contributed by atoms with Gasteiger partial charge in [-0.05, 0) is 55.8 Å². The van der Waals surface area contributed by atoms with Crippen molar-refractivity contribution < 1.29 is 13.6 Å². The first-order chi connectivity index (χ1) is 10.2. The summed E-state index contributed by atoms with van der Waals surface area (Å²) in [7, 11) is 0. The molecule has 1 aliphatic rings. The van der Waals surface area contributed by atoms with Crippen LogP contribution in [0.25, 0.3) is 11.3 Å². The van der Waals surface area contributed by atoms with Crippen LogP contribution in [0.5, 0.6) is 0 Å². The fourth-order valence-corrected chi connectivity index (χ4v) is 2.46. The Morgan fingerprint density at radius 3 is 2.68 bits per heavy atom. The molecule has 2 aromatic rings. The van der Waals surface area contributed by atoms with E-state index in [1.165, 1.54) is 12.1 Å². The molecule has 1 atom stereocenters. The van der Waals surface area contributed by atoms with E-state index in [0.29, 0.717) is 5.76 Å². The Hall–Kier alpha value is -1.85. The average Bonchev–Trinajstić information content (AvgIpc) is 2.99. The third-order valence-electron chi connectivity index (χ3n) is 3.59. The Bertz CT molecular complexity index is 621. The first kappa shape index (κ1) is 16.5. The molecule has 0 bridgehead atoms. The van der Waals surface area contributed by atoms with Crippen molar-refractivity contribution in [3.8, 4) is 11.3 Å². The molecule has 22 heavy (non-hydrogen) atoms. The molecule has 0 spiro atoms. The molecule has 1 unspecified atom stereocenters. The van der Waals surface area contributed by atoms with Crippen LogP contribution in [0.2, 0.25) is 0 Å². The molecule has 1 aliphatic heterocycles. The lowest BCUT2D eigenvalue weighted by molar-refractivity contribution is 0.0903. The number of furan rings is 1. The van der Waals surface area contributed by atoms with Crippen LogP contribution in [-0.4, -0.2) is 25.0 Å². The summed E-state index contributed by atoms with van der Waals surface area (Å²) in [4.78, 5) is 12.1. The molecule has 1 aromatic carbocycles. The number of halogens is 2. The molecular formula is C16H18ClFN2O2. The van der Waals surface area contributed by atoms with Crippen molar-refractivity contribution in [2.75, 3.05) is 13.1 Å². The van der Waals surface area contributed by atoms with Gasteiger partial charge in [0.1, 0.15) is 11.6 Å². The van der Waals surface area contributed by atoms with Gasteiger partial charge in [0.15, 0.2) is 5.76 Å². The zero-order valence-corrected chi connectivity index (χ0v) is 12.8. The van der Waals surface area contributed by atoms with Crippen LogP contribution in [-0.2, 0) is 0 Å². The molecule has 2 heterocycles. The molecule has 118 valence electrons. The zero-order valence-electron chi connectivity index (χ0n) is 12.0. The molecule has 0 saturated carbocycles. The molecule has 1 saturated heterocycles. The molecule has 3 rings (SSSR count). The van der Waals surface area contributed by atoms with E-state index in [0.717, 1.165) is 31.5 Å². The fourth-order valence-electron chi connectivity index (χ4n) is 2.46. The Morgan fingerprint density at radius 2 is 2.00 bits per heavy atom. The molecule has 1 fully saturated rings. The van der Waals surface area contributed by atoms with Gasteiger partial charge in [-0.25, -0.2) is 4.39 Å². The Morgan fingerprint density at radius 1 is 1.23 bits per heavy atom. The minimum atomic E-state index is -0.298. The highest BCUT2D eigenvalue weighted by atomic mass is 35.5. The first-order valence-corrected chi connectivity index (χ1v) is 7.10. The number of benzene rings is 1. The lowest BCUT2D eigenvalue weighted by atomic mass is 10.1. The van der Waals surface area contributed by atoms with Crippen molar-refractivity contribution in [1.29, 1.82) is 0 Å². The largest absolute Gasteiger partial charge is 0.451 e. The van der Waals surface area contributed by atoms with Crippen LogP contribution in [0, 0.1) is 5.82 Å². The second kappa shape index (κ2) is 7.42. The van der Waals surface area contributed by atoms with E-state index in [1.54, 1.807) is 24.3 Å². The molecule has 6 heteroatoms. The van der Waals surface area contributed by atoms with Gasteiger partial charge in [0.25, 0.3) is 5.91 Å². The lowest BCUT2D eigenvalue weighted by Gasteiger charge is -2.23. The highest BCUT2D eigenvalue weighted by molar-refractivity contribution is 5.92. The predicted octanol–water partition coefficient (Wildman–Crippen LogP) is 2.99. The van der Waals surface area contributed by atoms with Gasteiger partial charge < -0.3 is 15.1 Å². The quantitative estimate of drug-likeness (QED) is 0.912. The minimum Gasteiger partial charge on any atom is -0.451 e. The number of hydrogen-bond acceptors (Lipinski definition) is 3. The van der Waals surface area contributed by atoms with E-state index < -0.39 is 0 Å². The summed E-state index contributed by atoms with van der Waals surface area (Å²) in [6.45, 7) is 1.79. The van der Waals surface area contributed by atoms with Gasteiger partial charge in [0, 0.05) is 18.2 Å². The van der Waals surface area contributed by atoms with Crippen molar-refractivity contribution in [3.63, 3.8) is 0 Å². The van der Waals surface area contributed by atoms with E-state index in [-0.39, 0.29) is 35.9 Å². The molecule has 1 aromatic heterocycles. The van der Waals surface area contributed by atoms with Gasteiger partial charge in [-0.2, -0.15) is 0 Å². The van der Waals surface area contributed by atoms with Crippen LogP contribution in [0.4, 0.5) is 4.39 Å². The fraction of sp³-hybridized carbons (Fsp3) is 0.312. The highest BCUT2D eigenvalue weighted by Crippen LogP contribution is 2.22. The summed E-state index contributed by atoms with van der Waals surface area (Å²) in [5.41, 5.74) is 0.745. The second-order valence-electron chi connectivity index (χ2n) is 5.19. The van der Waals surface area contributed by atoms with Crippen molar-refractivity contribution in [3.05, 3.63) is 48.0 Å². The van der Waals surface area contributed by atoms with E-state index in [2.05, 4.69) is 10.6 Å². The number of nitrogens with one attached hydrogen (secondary N) is 2. The SMILES string of the molecule is Cl.O=C(NC1CCCNC1)c1ccc(-c2ccc(F)cc2)o1. The van der Waals surface area contributed by atoms with E-state index in [4.69, 9.17) is 4.42 Å². The van der Waals surface area contributed by atoms with Crippen molar-refractivity contribution in [2.45, 2.75) is 18.9 Å². The minimum absolute atomic E-state index is 0. The van der Waals surface area contributed by atoms with Gasteiger partial charge in [-0.3, -0.25) is 4.79 Å². The summed E-state index contributed by atoms with van der Waals surface area (Å²) >= 11 is 0. The smallest absolute Gasteiger partial charge is 0.287 e. The summed E-state index contributed by atoms with van der Waals surface area (Å²) in [6, 6.07) is 9.50. The highest BCUT2D eigenvalue weighted by Gasteiger charge is 2.18. The number of carbonyl (C=O) groups excluding carboxylic acids is 1. The first-order valence-electron chi connectivity index (χ1n) is 7.10. The molecular weight excluding hydrogens is 307 g/mol. The summed E-state index contributed by atoms with van der Waals surface area (Å²) in [5.74, 6) is 0.326. The monoisotopic (exact) mass is 324 g/mol. The Balaban J connectivity index is 0.00000176. The van der Waals surface area contributed by atoms with Crippen molar-refractivity contribution in [1.82, 2.24) is 10.6 Å². The van der Waals surface area contributed by atoms with Gasteiger partial charge in [0.2, 0.25) is 0 Å². The summed E-state index contributed by atoms with van der Waals surface area (Å²) in [6.07, 6.45) is 2.04. The second-order valence-corrected chi connectivity index (χ2v) is 5.19. The standard InChI is InChI=1S/C16H17FN2O2.ClH/c17-12-5-3-11(4-6-12)14-7-8-15(21-14)16(20)19-13-2-1-9-18-10-13;/h3-8,13,18H,1-2,9-10H2,(H,19,20);1H. The molecule has 0 aliphatic carbocycles. The van der Waals surface area contributed by atoms with E-state index in [1.807, 2.05) is 0 Å². The Kier molecular flexibility index (Phi) is 5.57. The third kappa shape index (κ3) is 3.87. The van der Waals surface area contributed by atoms with Crippen LogP contribution < -0.4 is 10.6 Å². The van der Waals surface area contributed by atoms with Gasteiger partial charge in [-0.15, -0.1) is 12.4 Å². The van der Waals surface area contributed by atoms with E-state index >= 15 is 0 Å². The lowest BCUT2D eigenvalue weighted by Crippen LogP contribution is -2.45. The van der Waals surface area contributed by atoms with Crippen LogP contribution >= 0.6 is 12.4 Å². The van der Waals surface area contributed by atoms with Crippen molar-refractivity contribution >= 4 is 18.3 Å². The number of amides is 1. The maximum absolute atomic E-state index is 12.9. The number of hydrogen-bond donors (Lipinski definition) is 2. The molecule has 2 N–H and O–H groups in total. The summed E-state index contributed by atoms with van der Waals surface area (Å²) < 4.78 is 18.5. The molecule has 1 amide bonds. The van der Waals surface area contributed by atoms with Crippen LogP contribution in [0.1, 0.15) is 23.4 Å². The third-order valence-corrected chi connectivity index (χ3v) is 3.59. The maximum Gasteiger partial charge on any atom is 0.287 e. The normalized spacial score (nSPS) is 17.6. The maximum atomic E-state index is 12.9. The van der Waals surface area contributed by atoms with Gasteiger partial charge >= 0.3 is 0 Å². The zero-order chi connectivity index (χ0) is 14.7. The van der Waals surface area contributed by atoms with Crippen molar-refractivity contribution in [2.24, 2.45) is 0 Å². The van der Waals surface area contributed by atoms with Crippen LogP contribution in [0.3, 0.4) is 0 Å². The van der Waals surface area contributed by atoms with Gasteiger partial charge in [0.05, 0.1) is 0 Å². The molecule has 4 nitrogen and oxygen atoms in total. The topological polar surface area (TPSA) is 54.3 Å². The number of piperidine rings is 1. The molecule has 0 radical (unpaired) electrons. The number of rotatable bonds is 3. The van der Waals surface area contributed by atoms with E-state index in [9.17, 15) is 9.18 Å². The average molecular weight is 325 g/mol. The Labute approximate surface area is 134 Å². The number of carbonyl (C=O) groups is 1. The van der Waals surface area contributed by atoms with Crippen LogP contribution in [0.15, 0.2) is 40.8 Å². The summed E-state index contributed by atoms with van der Waals surface area (Å²) in [5, 5.41) is 6.20.